The fourth-order valence-corrected chi connectivity index (χ4v) is 1.55. The largest absolute Gasteiger partial charge is 0.395 e. The quantitative estimate of drug-likeness (QED) is 0.815. The average Bonchev–Trinajstić information content (AvgIpc) is 2.35. The molecular formula is C12H19N3O2. The number of aromatic nitrogens is 1. The molecule has 1 heterocycles. The Bertz CT molecular complexity index is 380. The van der Waals surface area contributed by atoms with Crippen molar-refractivity contribution in [1.29, 1.82) is 0 Å². The minimum Gasteiger partial charge on any atom is -0.395 e. The highest BCUT2D eigenvalue weighted by atomic mass is 16.3. The first-order valence-corrected chi connectivity index (χ1v) is 5.63. The van der Waals surface area contributed by atoms with Crippen molar-refractivity contribution >= 4 is 11.6 Å². The van der Waals surface area contributed by atoms with E-state index in [1.54, 1.807) is 26.4 Å². The molecule has 1 aromatic rings. The first kappa shape index (κ1) is 13.4. The van der Waals surface area contributed by atoms with Crippen molar-refractivity contribution in [2.75, 3.05) is 38.7 Å². The normalized spacial score (nSPS) is 10.1. The lowest BCUT2D eigenvalue weighted by Crippen LogP contribution is -2.27. The van der Waals surface area contributed by atoms with Crippen molar-refractivity contribution in [3.63, 3.8) is 0 Å². The van der Waals surface area contributed by atoms with Gasteiger partial charge in [-0.1, -0.05) is 0 Å². The summed E-state index contributed by atoms with van der Waals surface area (Å²) >= 11 is 0. The number of carbonyl (C=O) groups is 1. The zero-order valence-electron chi connectivity index (χ0n) is 10.6. The smallest absolute Gasteiger partial charge is 0.272 e. The second kappa shape index (κ2) is 6.20. The summed E-state index contributed by atoms with van der Waals surface area (Å²) in [5.41, 5.74) is 1.32. The highest BCUT2D eigenvalue weighted by Crippen LogP contribution is 2.14. The van der Waals surface area contributed by atoms with Crippen molar-refractivity contribution in [2.45, 2.75) is 6.92 Å². The van der Waals surface area contributed by atoms with E-state index in [0.29, 0.717) is 12.2 Å². The van der Waals surface area contributed by atoms with Crippen molar-refractivity contribution in [3.8, 4) is 0 Å². The minimum atomic E-state index is -0.119. The second-order valence-corrected chi connectivity index (χ2v) is 3.90. The molecule has 5 nitrogen and oxygen atoms in total. The molecule has 0 unspecified atom stereocenters. The summed E-state index contributed by atoms with van der Waals surface area (Å²) in [5.74, 6) is -0.119. The second-order valence-electron chi connectivity index (χ2n) is 3.90. The molecule has 17 heavy (non-hydrogen) atoms. The van der Waals surface area contributed by atoms with E-state index in [-0.39, 0.29) is 12.5 Å². The van der Waals surface area contributed by atoms with Crippen LogP contribution in [-0.4, -0.2) is 54.7 Å². The van der Waals surface area contributed by atoms with Crippen molar-refractivity contribution in [1.82, 2.24) is 9.88 Å². The standard InChI is InChI=1S/C12H19N3O2/c1-4-15(7-8-16)10-5-6-13-11(9-10)12(17)14(2)3/h5-6,9,16H,4,7-8H2,1-3H3. The Kier molecular flexibility index (Phi) is 4.90. The van der Waals surface area contributed by atoms with Gasteiger partial charge in [0.05, 0.1) is 6.61 Å². The van der Waals surface area contributed by atoms with Crippen LogP contribution in [0.1, 0.15) is 17.4 Å². The van der Waals surface area contributed by atoms with Crippen molar-refractivity contribution in [3.05, 3.63) is 24.0 Å². The third-order valence-electron chi connectivity index (χ3n) is 2.49. The summed E-state index contributed by atoms with van der Waals surface area (Å²) in [4.78, 5) is 19.3. The van der Waals surface area contributed by atoms with E-state index in [1.165, 1.54) is 4.90 Å². The van der Waals surface area contributed by atoms with Gasteiger partial charge in [-0.25, -0.2) is 0 Å². The Morgan fingerprint density at radius 3 is 2.71 bits per heavy atom. The van der Waals surface area contributed by atoms with Crippen LogP contribution >= 0.6 is 0 Å². The van der Waals surface area contributed by atoms with Crippen LogP contribution in [0.15, 0.2) is 18.3 Å². The first-order valence-electron chi connectivity index (χ1n) is 5.63. The zero-order valence-corrected chi connectivity index (χ0v) is 10.6. The summed E-state index contributed by atoms with van der Waals surface area (Å²) < 4.78 is 0. The van der Waals surface area contributed by atoms with Crippen LogP contribution in [0.3, 0.4) is 0 Å². The fraction of sp³-hybridized carbons (Fsp3) is 0.500. The number of aliphatic hydroxyl groups excluding tert-OH is 1. The van der Waals surface area contributed by atoms with E-state index >= 15 is 0 Å². The Hall–Kier alpha value is -1.62. The topological polar surface area (TPSA) is 56.7 Å². The van der Waals surface area contributed by atoms with Gasteiger partial charge in [-0.3, -0.25) is 9.78 Å². The van der Waals surface area contributed by atoms with Gasteiger partial charge in [0.2, 0.25) is 0 Å². The van der Waals surface area contributed by atoms with Crippen LogP contribution in [0, 0.1) is 0 Å². The van der Waals surface area contributed by atoms with Gasteiger partial charge in [-0.05, 0) is 19.1 Å². The third-order valence-corrected chi connectivity index (χ3v) is 2.49. The van der Waals surface area contributed by atoms with E-state index in [4.69, 9.17) is 5.11 Å². The van der Waals surface area contributed by atoms with Gasteiger partial charge >= 0.3 is 0 Å². The molecule has 0 saturated carbocycles. The maximum absolute atomic E-state index is 11.8. The fourth-order valence-electron chi connectivity index (χ4n) is 1.55. The minimum absolute atomic E-state index is 0.0904. The molecule has 1 amide bonds. The predicted octanol–water partition coefficient (Wildman–Crippen LogP) is 0.602. The molecule has 0 aromatic carbocycles. The van der Waals surface area contributed by atoms with Gasteiger partial charge in [0.1, 0.15) is 5.69 Å². The molecule has 1 rings (SSSR count). The maximum Gasteiger partial charge on any atom is 0.272 e. The number of rotatable bonds is 5. The molecule has 0 atom stereocenters. The SMILES string of the molecule is CCN(CCO)c1ccnc(C(=O)N(C)C)c1. The third kappa shape index (κ3) is 3.42. The van der Waals surface area contributed by atoms with E-state index < -0.39 is 0 Å². The number of hydrogen-bond donors (Lipinski definition) is 1. The molecule has 0 fully saturated rings. The van der Waals surface area contributed by atoms with Gasteiger partial charge in [0, 0.05) is 39.1 Å². The molecular weight excluding hydrogens is 218 g/mol. The van der Waals surface area contributed by atoms with Crippen molar-refractivity contribution < 1.29 is 9.90 Å². The number of likely N-dealkylation sites (N-methyl/N-ethyl adjacent to an activating group) is 1. The number of pyridine rings is 1. The van der Waals surface area contributed by atoms with Crippen LogP contribution in [-0.2, 0) is 0 Å². The van der Waals surface area contributed by atoms with E-state index in [1.807, 2.05) is 17.9 Å². The predicted molar refractivity (Wildman–Crippen MR) is 67.2 cm³/mol. The van der Waals surface area contributed by atoms with Crippen LogP contribution < -0.4 is 4.90 Å². The summed E-state index contributed by atoms with van der Waals surface area (Å²) in [6, 6.07) is 3.59. The summed E-state index contributed by atoms with van der Waals surface area (Å²) in [5, 5.41) is 8.96. The number of aliphatic hydroxyl groups is 1. The Labute approximate surface area is 102 Å². The molecule has 0 radical (unpaired) electrons. The highest BCUT2D eigenvalue weighted by Gasteiger charge is 2.12. The molecule has 0 aliphatic carbocycles. The van der Waals surface area contributed by atoms with Gasteiger partial charge < -0.3 is 14.9 Å². The van der Waals surface area contributed by atoms with E-state index in [9.17, 15) is 4.79 Å². The Morgan fingerprint density at radius 2 is 2.18 bits per heavy atom. The zero-order chi connectivity index (χ0) is 12.8. The molecule has 0 saturated heterocycles. The molecule has 0 aliphatic rings. The molecule has 5 heteroatoms. The number of amides is 1. The van der Waals surface area contributed by atoms with Crippen LogP contribution in [0.25, 0.3) is 0 Å². The maximum atomic E-state index is 11.8. The summed E-state index contributed by atoms with van der Waals surface area (Å²) in [6.07, 6.45) is 1.62. The Balaban J connectivity index is 2.95. The lowest BCUT2D eigenvalue weighted by molar-refractivity contribution is 0.0822. The monoisotopic (exact) mass is 237 g/mol. The number of anilines is 1. The molecule has 94 valence electrons. The summed E-state index contributed by atoms with van der Waals surface area (Å²) in [7, 11) is 3.39. The molecule has 1 N–H and O–H groups in total. The molecule has 0 aliphatic heterocycles. The van der Waals surface area contributed by atoms with Crippen LogP contribution in [0.5, 0.6) is 0 Å². The average molecular weight is 237 g/mol. The summed E-state index contributed by atoms with van der Waals surface area (Å²) in [6.45, 7) is 3.42. The van der Waals surface area contributed by atoms with Crippen LogP contribution in [0.2, 0.25) is 0 Å². The molecule has 0 bridgehead atoms. The first-order chi connectivity index (χ1) is 8.10. The Morgan fingerprint density at radius 1 is 1.47 bits per heavy atom. The number of hydrogen-bond acceptors (Lipinski definition) is 4. The van der Waals surface area contributed by atoms with Crippen LogP contribution in [0.4, 0.5) is 5.69 Å². The van der Waals surface area contributed by atoms with E-state index in [2.05, 4.69) is 4.98 Å². The van der Waals surface area contributed by atoms with Crippen molar-refractivity contribution in [2.24, 2.45) is 0 Å². The lowest BCUT2D eigenvalue weighted by Gasteiger charge is -2.22. The van der Waals surface area contributed by atoms with Gasteiger partial charge in [0.25, 0.3) is 5.91 Å². The molecule has 0 spiro atoms. The molecule has 1 aromatic heterocycles. The number of carbonyl (C=O) groups excluding carboxylic acids is 1. The highest BCUT2D eigenvalue weighted by molar-refractivity contribution is 5.92. The number of nitrogens with zero attached hydrogens (tertiary/aromatic N) is 3. The van der Waals surface area contributed by atoms with Gasteiger partial charge in [-0.2, -0.15) is 0 Å². The van der Waals surface area contributed by atoms with E-state index in [0.717, 1.165) is 12.2 Å². The lowest BCUT2D eigenvalue weighted by atomic mass is 10.2. The van der Waals surface area contributed by atoms with Gasteiger partial charge in [0.15, 0.2) is 0 Å². The van der Waals surface area contributed by atoms with Gasteiger partial charge in [-0.15, -0.1) is 0 Å².